The highest BCUT2D eigenvalue weighted by Crippen LogP contribution is 1.85. The summed E-state index contributed by atoms with van der Waals surface area (Å²) in [6.07, 6.45) is 4.28. The summed E-state index contributed by atoms with van der Waals surface area (Å²) in [5.41, 5.74) is 0. The van der Waals surface area contributed by atoms with Gasteiger partial charge in [0.2, 0.25) is 0 Å². The maximum atomic E-state index is 10.4. The maximum absolute atomic E-state index is 10.4. The zero-order valence-electron chi connectivity index (χ0n) is 6.04. The summed E-state index contributed by atoms with van der Waals surface area (Å²) < 4.78 is 10.4. The molecule has 0 aliphatic heterocycles. The smallest absolute Gasteiger partial charge is 0.0518 e. The largest absolute Gasteiger partial charge is 0.255 e. The van der Waals surface area contributed by atoms with Crippen molar-refractivity contribution in [1.82, 2.24) is 0 Å². The van der Waals surface area contributed by atoms with Crippen LogP contribution in [0.1, 0.15) is 6.42 Å². The predicted octanol–water partition coefficient (Wildman–Crippen LogP) is 1.12. The van der Waals surface area contributed by atoms with Crippen molar-refractivity contribution in [2.75, 3.05) is 12.8 Å². The van der Waals surface area contributed by atoms with Gasteiger partial charge in [-0.1, -0.05) is 6.08 Å². The van der Waals surface area contributed by atoms with E-state index in [1.807, 2.05) is 6.08 Å². The Morgan fingerprint density at radius 3 is 3.00 bits per heavy atom. The van der Waals surface area contributed by atoms with Crippen LogP contribution in [-0.2, 0) is 10.8 Å². The first kappa shape index (κ1) is 9.34. The second-order valence-corrected chi connectivity index (χ2v) is 2.97. The van der Waals surface area contributed by atoms with E-state index in [2.05, 4.69) is 17.4 Å². The Labute approximate surface area is 63.8 Å². The maximum Gasteiger partial charge on any atom is 0.0518 e. The van der Waals surface area contributed by atoms with Crippen LogP contribution in [-0.4, -0.2) is 22.9 Å². The standard InChI is InChI=1S/C7H11NOS/c1-3-8-6-4-5-7-10(2)9/h5,7H,1,4,6H2,2H3/b7-5+. The molecule has 0 N–H and O–H groups in total. The fourth-order valence-electron chi connectivity index (χ4n) is 0.422. The lowest BCUT2D eigenvalue weighted by atomic mass is 10.4. The summed E-state index contributed by atoms with van der Waals surface area (Å²) in [5, 5.41) is 1.65. The highest BCUT2D eigenvalue weighted by Gasteiger charge is 1.78. The number of hydrogen-bond acceptors (Lipinski definition) is 2. The fraction of sp³-hybridized carbons (Fsp3) is 0.429. The lowest BCUT2D eigenvalue weighted by Gasteiger charge is -1.82. The minimum absolute atomic E-state index is 0.678. The first-order valence-electron chi connectivity index (χ1n) is 2.95. The van der Waals surface area contributed by atoms with Crippen molar-refractivity contribution in [1.29, 1.82) is 0 Å². The Balaban J connectivity index is 3.35. The average Bonchev–Trinajstić information content (AvgIpc) is 1.87. The molecule has 0 bridgehead atoms. The van der Waals surface area contributed by atoms with Crippen molar-refractivity contribution in [3.8, 4) is 0 Å². The molecule has 0 aliphatic rings. The van der Waals surface area contributed by atoms with E-state index in [9.17, 15) is 4.21 Å². The van der Waals surface area contributed by atoms with Gasteiger partial charge >= 0.3 is 0 Å². The van der Waals surface area contributed by atoms with Crippen LogP contribution < -0.4 is 0 Å². The third kappa shape index (κ3) is 7.34. The van der Waals surface area contributed by atoms with Crippen molar-refractivity contribution in [3.05, 3.63) is 18.1 Å². The molecule has 0 saturated carbocycles. The number of rotatable bonds is 4. The summed E-state index contributed by atoms with van der Waals surface area (Å²) >= 11 is 0. The van der Waals surface area contributed by atoms with Gasteiger partial charge in [-0.2, -0.15) is 0 Å². The minimum atomic E-state index is -0.829. The molecule has 0 amide bonds. The van der Waals surface area contributed by atoms with Gasteiger partial charge in [-0.3, -0.25) is 4.21 Å². The second kappa shape index (κ2) is 6.46. The molecule has 2 nitrogen and oxygen atoms in total. The van der Waals surface area contributed by atoms with E-state index in [4.69, 9.17) is 0 Å². The zero-order valence-corrected chi connectivity index (χ0v) is 6.86. The van der Waals surface area contributed by atoms with Gasteiger partial charge in [0.1, 0.15) is 0 Å². The predicted molar refractivity (Wildman–Crippen MR) is 45.8 cm³/mol. The molecular weight excluding hydrogens is 146 g/mol. The SMILES string of the molecule is C=C=NCC/C=C/S(C)=O. The zero-order chi connectivity index (χ0) is 7.82. The van der Waals surface area contributed by atoms with Crippen molar-refractivity contribution in [2.45, 2.75) is 6.42 Å². The molecule has 0 heterocycles. The summed E-state index contributed by atoms with van der Waals surface area (Å²) in [5.74, 6) is 2.42. The fourth-order valence-corrected chi connectivity index (χ4v) is 0.829. The third-order valence-corrected chi connectivity index (χ3v) is 1.38. The van der Waals surface area contributed by atoms with Crippen molar-refractivity contribution in [2.24, 2.45) is 4.99 Å². The van der Waals surface area contributed by atoms with Crippen LogP contribution in [0.15, 0.2) is 23.1 Å². The van der Waals surface area contributed by atoms with Gasteiger partial charge in [-0.15, -0.1) is 0 Å². The quantitative estimate of drug-likeness (QED) is 0.444. The van der Waals surface area contributed by atoms with Crippen LogP contribution in [0.3, 0.4) is 0 Å². The van der Waals surface area contributed by atoms with E-state index in [1.165, 1.54) is 0 Å². The molecule has 0 aromatic carbocycles. The Bertz CT molecular complexity index is 180. The number of aliphatic imine (C=N–C) groups is 1. The van der Waals surface area contributed by atoms with E-state index in [1.54, 1.807) is 11.7 Å². The Morgan fingerprint density at radius 2 is 2.50 bits per heavy atom. The van der Waals surface area contributed by atoms with Crippen LogP contribution in [0.25, 0.3) is 0 Å². The summed E-state index contributed by atoms with van der Waals surface area (Å²) in [4.78, 5) is 3.76. The van der Waals surface area contributed by atoms with Crippen molar-refractivity contribution in [3.63, 3.8) is 0 Å². The summed E-state index contributed by atoms with van der Waals surface area (Å²) in [7, 11) is -0.829. The molecule has 3 heteroatoms. The lowest BCUT2D eigenvalue weighted by Crippen LogP contribution is -1.78. The first-order valence-corrected chi connectivity index (χ1v) is 4.57. The average molecular weight is 157 g/mol. The number of hydrogen-bond donors (Lipinski definition) is 0. The van der Waals surface area contributed by atoms with E-state index in [0.29, 0.717) is 6.54 Å². The molecule has 0 radical (unpaired) electrons. The van der Waals surface area contributed by atoms with Crippen LogP contribution in [0.4, 0.5) is 0 Å². The molecule has 0 rings (SSSR count). The molecule has 0 fully saturated rings. The monoisotopic (exact) mass is 157 g/mol. The molecule has 56 valence electrons. The highest BCUT2D eigenvalue weighted by molar-refractivity contribution is 7.87. The van der Waals surface area contributed by atoms with Crippen molar-refractivity contribution >= 4 is 16.7 Å². The first-order chi connectivity index (χ1) is 4.77. The topological polar surface area (TPSA) is 29.4 Å². The third-order valence-electron chi connectivity index (χ3n) is 0.807. The molecule has 1 atom stereocenters. The lowest BCUT2D eigenvalue weighted by molar-refractivity contribution is 0.691. The van der Waals surface area contributed by atoms with Gasteiger partial charge in [-0.05, 0) is 24.3 Å². The number of nitrogens with zero attached hydrogens (tertiary/aromatic N) is 1. The molecule has 0 aromatic rings. The second-order valence-electron chi connectivity index (χ2n) is 1.70. The molecular formula is C7H11NOS. The van der Waals surface area contributed by atoms with E-state index < -0.39 is 10.8 Å². The Hall–Kier alpha value is -0.660. The highest BCUT2D eigenvalue weighted by atomic mass is 32.2. The van der Waals surface area contributed by atoms with Crippen LogP contribution >= 0.6 is 0 Å². The van der Waals surface area contributed by atoms with Gasteiger partial charge in [-0.25, -0.2) is 4.99 Å². The van der Waals surface area contributed by atoms with Gasteiger partial charge in [0.25, 0.3) is 0 Å². The van der Waals surface area contributed by atoms with Crippen molar-refractivity contribution < 1.29 is 4.21 Å². The van der Waals surface area contributed by atoms with E-state index in [-0.39, 0.29) is 0 Å². The summed E-state index contributed by atoms with van der Waals surface area (Å²) in [6, 6.07) is 0. The van der Waals surface area contributed by atoms with Gasteiger partial charge < -0.3 is 0 Å². The van der Waals surface area contributed by atoms with Crippen LogP contribution in [0.2, 0.25) is 0 Å². The van der Waals surface area contributed by atoms with Crippen LogP contribution in [0, 0.1) is 0 Å². The molecule has 0 saturated heterocycles. The molecule has 0 spiro atoms. The van der Waals surface area contributed by atoms with E-state index in [0.717, 1.165) is 6.42 Å². The minimum Gasteiger partial charge on any atom is -0.255 e. The Morgan fingerprint density at radius 1 is 1.80 bits per heavy atom. The molecule has 1 unspecified atom stereocenters. The molecule has 10 heavy (non-hydrogen) atoms. The molecule has 0 aliphatic carbocycles. The van der Waals surface area contributed by atoms with Crippen LogP contribution in [0.5, 0.6) is 0 Å². The van der Waals surface area contributed by atoms with Gasteiger partial charge in [0, 0.05) is 17.1 Å². The normalized spacial score (nSPS) is 12.9. The van der Waals surface area contributed by atoms with Gasteiger partial charge in [0.15, 0.2) is 0 Å². The Kier molecular flexibility index (Phi) is 6.03. The van der Waals surface area contributed by atoms with Gasteiger partial charge in [0.05, 0.1) is 6.54 Å². The summed E-state index contributed by atoms with van der Waals surface area (Å²) in [6.45, 7) is 4.00. The molecule has 0 aromatic heterocycles. The van der Waals surface area contributed by atoms with E-state index >= 15 is 0 Å².